The fraction of sp³-hybridized carbons (Fsp3) is 0.545. The van der Waals surface area contributed by atoms with Crippen molar-refractivity contribution >= 4 is 33.3 Å². The van der Waals surface area contributed by atoms with E-state index < -0.39 is 30.6 Å². The molecule has 2 saturated carbocycles. The first kappa shape index (κ1) is 22.3. The third kappa shape index (κ3) is 4.36. The highest BCUT2D eigenvalue weighted by atomic mass is 32.1. The molecule has 2 aliphatic carbocycles. The van der Waals surface area contributed by atoms with Crippen LogP contribution in [-0.4, -0.2) is 61.4 Å². The zero-order valence-corrected chi connectivity index (χ0v) is 19.1. The third-order valence-electron chi connectivity index (χ3n) is 6.41. The summed E-state index contributed by atoms with van der Waals surface area (Å²) in [5, 5.41) is 27.6. The minimum atomic E-state index is -2.72. The number of fused-ring (bicyclic) bond motifs is 1. The maximum atomic E-state index is 13.3. The van der Waals surface area contributed by atoms with E-state index in [9.17, 15) is 19.0 Å². The standard InChI is InChI=1S/C22H26F2N6O2S/c1-9-15(21-29-16-10(2)25-6-5-14(16)33-21)20(30-22(27-9)26-8-11-3-4-11)28-13-7-12(19(23)24)17(31)18(13)32/h5-6,11-13,17-19,31-32H,3-4,7-8H2,1-2H3,(H2,26,27,28,30). The smallest absolute Gasteiger partial charge is 0.244 e. The molecule has 3 heterocycles. The Hall–Kier alpha value is -2.50. The molecule has 4 atom stereocenters. The molecule has 0 aliphatic heterocycles. The minimum Gasteiger partial charge on any atom is -0.390 e. The molecule has 0 bridgehead atoms. The second-order valence-electron chi connectivity index (χ2n) is 8.91. The van der Waals surface area contributed by atoms with Crippen LogP contribution < -0.4 is 10.6 Å². The van der Waals surface area contributed by atoms with Crippen molar-refractivity contribution in [3.63, 3.8) is 0 Å². The Bertz CT molecular complexity index is 1170. The maximum absolute atomic E-state index is 13.3. The number of hydrogen-bond acceptors (Lipinski definition) is 9. The maximum Gasteiger partial charge on any atom is 0.244 e. The average Bonchev–Trinajstić information content (AvgIpc) is 3.43. The molecular formula is C22H26F2N6O2S. The van der Waals surface area contributed by atoms with Gasteiger partial charge in [0.2, 0.25) is 12.4 Å². The number of nitrogens with zero attached hydrogens (tertiary/aromatic N) is 4. The topological polar surface area (TPSA) is 116 Å². The van der Waals surface area contributed by atoms with Crippen molar-refractivity contribution in [1.29, 1.82) is 0 Å². The molecule has 0 amide bonds. The SMILES string of the molecule is Cc1nc(NCC2CC2)nc(NC2CC(C(F)F)C(O)C2O)c1-c1nc2c(C)nccc2s1. The van der Waals surface area contributed by atoms with Gasteiger partial charge in [0.15, 0.2) is 0 Å². The number of aliphatic hydroxyl groups is 2. The summed E-state index contributed by atoms with van der Waals surface area (Å²) in [6, 6.07) is 1.11. The number of aryl methyl sites for hydroxylation is 2. The van der Waals surface area contributed by atoms with Gasteiger partial charge in [-0.3, -0.25) is 4.98 Å². The number of pyridine rings is 1. The quantitative estimate of drug-likeness (QED) is 0.410. The van der Waals surface area contributed by atoms with Crippen LogP contribution in [-0.2, 0) is 0 Å². The number of aromatic nitrogens is 4. The zero-order chi connectivity index (χ0) is 23.3. The molecule has 5 rings (SSSR count). The van der Waals surface area contributed by atoms with Crippen molar-refractivity contribution in [1.82, 2.24) is 19.9 Å². The second kappa shape index (κ2) is 8.69. The Morgan fingerprint density at radius 2 is 1.91 bits per heavy atom. The molecule has 2 fully saturated rings. The number of aliphatic hydroxyl groups excluding tert-OH is 2. The summed E-state index contributed by atoms with van der Waals surface area (Å²) < 4.78 is 27.6. The van der Waals surface area contributed by atoms with Crippen LogP contribution in [0.4, 0.5) is 20.5 Å². The van der Waals surface area contributed by atoms with Gasteiger partial charge < -0.3 is 20.8 Å². The van der Waals surface area contributed by atoms with Crippen molar-refractivity contribution in [2.75, 3.05) is 17.2 Å². The van der Waals surface area contributed by atoms with Crippen LogP contribution in [0.15, 0.2) is 12.3 Å². The number of nitrogens with one attached hydrogen (secondary N) is 2. The van der Waals surface area contributed by atoms with Gasteiger partial charge in [0.25, 0.3) is 0 Å². The number of rotatable bonds is 7. The van der Waals surface area contributed by atoms with Gasteiger partial charge in [-0.1, -0.05) is 0 Å². The number of anilines is 2. The summed E-state index contributed by atoms with van der Waals surface area (Å²) in [5.41, 5.74) is 2.91. The fourth-order valence-electron chi connectivity index (χ4n) is 4.29. The molecule has 176 valence electrons. The van der Waals surface area contributed by atoms with Gasteiger partial charge >= 0.3 is 0 Å². The Morgan fingerprint density at radius 1 is 1.12 bits per heavy atom. The minimum absolute atomic E-state index is 0.0732. The van der Waals surface area contributed by atoms with Gasteiger partial charge in [-0.2, -0.15) is 4.98 Å². The molecule has 3 aromatic heterocycles. The van der Waals surface area contributed by atoms with E-state index in [0.29, 0.717) is 33.9 Å². The molecule has 0 radical (unpaired) electrons. The van der Waals surface area contributed by atoms with Crippen LogP contribution in [0, 0.1) is 25.7 Å². The molecule has 0 saturated heterocycles. The molecule has 11 heteroatoms. The van der Waals surface area contributed by atoms with Gasteiger partial charge in [0.1, 0.15) is 22.4 Å². The number of thiazole rings is 1. The summed E-state index contributed by atoms with van der Waals surface area (Å²) >= 11 is 1.47. The molecular weight excluding hydrogens is 450 g/mol. The van der Waals surface area contributed by atoms with Gasteiger partial charge in [-0.15, -0.1) is 11.3 Å². The molecule has 2 aliphatic rings. The van der Waals surface area contributed by atoms with Crippen molar-refractivity contribution in [3.8, 4) is 10.6 Å². The Balaban J connectivity index is 1.53. The summed E-state index contributed by atoms with van der Waals surface area (Å²) in [5.74, 6) is 0.149. The van der Waals surface area contributed by atoms with Crippen LogP contribution in [0.2, 0.25) is 0 Å². The Morgan fingerprint density at radius 3 is 2.58 bits per heavy atom. The summed E-state index contributed by atoms with van der Waals surface area (Å²) in [4.78, 5) is 18.3. The molecule has 33 heavy (non-hydrogen) atoms. The van der Waals surface area contributed by atoms with Crippen LogP contribution in [0.1, 0.15) is 30.7 Å². The largest absolute Gasteiger partial charge is 0.390 e. The van der Waals surface area contributed by atoms with Crippen molar-refractivity contribution in [2.24, 2.45) is 11.8 Å². The van der Waals surface area contributed by atoms with Crippen molar-refractivity contribution < 1.29 is 19.0 Å². The molecule has 4 N–H and O–H groups in total. The van der Waals surface area contributed by atoms with Crippen LogP contribution >= 0.6 is 11.3 Å². The Kier molecular flexibility index (Phi) is 5.87. The van der Waals surface area contributed by atoms with Crippen LogP contribution in [0.25, 0.3) is 20.8 Å². The third-order valence-corrected chi connectivity index (χ3v) is 7.45. The fourth-order valence-corrected chi connectivity index (χ4v) is 5.40. The highest BCUT2D eigenvalue weighted by Crippen LogP contribution is 2.39. The first-order valence-electron chi connectivity index (χ1n) is 11.1. The molecule has 3 aromatic rings. The zero-order valence-electron chi connectivity index (χ0n) is 18.3. The Labute approximate surface area is 193 Å². The predicted molar refractivity (Wildman–Crippen MR) is 123 cm³/mol. The molecule has 0 aromatic carbocycles. The monoisotopic (exact) mass is 476 g/mol. The lowest BCUT2D eigenvalue weighted by molar-refractivity contribution is -0.0333. The van der Waals surface area contributed by atoms with E-state index in [1.807, 2.05) is 19.9 Å². The lowest BCUT2D eigenvalue weighted by atomic mass is 10.1. The molecule has 8 nitrogen and oxygen atoms in total. The van der Waals surface area contributed by atoms with E-state index in [0.717, 1.165) is 22.5 Å². The van der Waals surface area contributed by atoms with Crippen LogP contribution in [0.3, 0.4) is 0 Å². The van der Waals surface area contributed by atoms with E-state index in [4.69, 9.17) is 4.98 Å². The van der Waals surface area contributed by atoms with Gasteiger partial charge in [-0.05, 0) is 45.1 Å². The van der Waals surface area contributed by atoms with Crippen molar-refractivity contribution in [3.05, 3.63) is 23.7 Å². The highest BCUT2D eigenvalue weighted by Gasteiger charge is 2.46. The van der Waals surface area contributed by atoms with E-state index in [2.05, 4.69) is 25.6 Å². The summed E-state index contributed by atoms with van der Waals surface area (Å²) in [7, 11) is 0. The number of hydrogen-bond donors (Lipinski definition) is 4. The number of alkyl halides is 2. The van der Waals surface area contributed by atoms with Gasteiger partial charge in [-0.25, -0.2) is 18.7 Å². The lowest BCUT2D eigenvalue weighted by Gasteiger charge is -2.21. The normalized spacial score (nSPS) is 25.2. The van der Waals surface area contributed by atoms with Crippen molar-refractivity contribution in [2.45, 2.75) is 57.8 Å². The summed E-state index contributed by atoms with van der Waals surface area (Å²) in [6.07, 6.45) is -1.55. The van der Waals surface area contributed by atoms with E-state index in [1.165, 1.54) is 24.2 Å². The highest BCUT2D eigenvalue weighted by molar-refractivity contribution is 7.21. The average molecular weight is 477 g/mol. The first-order valence-corrected chi connectivity index (χ1v) is 11.9. The second-order valence-corrected chi connectivity index (χ2v) is 9.94. The van der Waals surface area contributed by atoms with Gasteiger partial charge in [0.05, 0.1) is 39.7 Å². The molecule has 0 spiro atoms. The van der Waals surface area contributed by atoms with Crippen LogP contribution in [0.5, 0.6) is 0 Å². The van der Waals surface area contributed by atoms with E-state index in [1.54, 1.807) is 6.20 Å². The lowest BCUT2D eigenvalue weighted by Crippen LogP contribution is -2.36. The van der Waals surface area contributed by atoms with E-state index in [-0.39, 0.29) is 6.42 Å². The van der Waals surface area contributed by atoms with E-state index >= 15 is 0 Å². The first-order chi connectivity index (χ1) is 15.8. The predicted octanol–water partition coefficient (Wildman–Crippen LogP) is 3.37. The number of halogens is 2. The molecule has 4 unspecified atom stereocenters. The van der Waals surface area contributed by atoms with Gasteiger partial charge in [0, 0.05) is 12.7 Å². The summed E-state index contributed by atoms with van der Waals surface area (Å²) in [6.45, 7) is 4.51.